The molecule has 5 aromatic rings. The lowest BCUT2D eigenvalue weighted by atomic mass is 10.0. The van der Waals surface area contributed by atoms with Crippen LogP contribution in [-0.4, -0.2) is 144 Å². The van der Waals surface area contributed by atoms with E-state index in [1.165, 1.54) is 24.3 Å². The molecule has 20 heteroatoms. The van der Waals surface area contributed by atoms with Gasteiger partial charge >= 0.3 is 6.18 Å². The van der Waals surface area contributed by atoms with E-state index in [1.807, 2.05) is 18.2 Å². The van der Waals surface area contributed by atoms with Crippen LogP contribution in [0.1, 0.15) is 60.6 Å². The summed E-state index contributed by atoms with van der Waals surface area (Å²) in [6, 6.07) is 20.6. The molecule has 358 valence electrons. The van der Waals surface area contributed by atoms with Crippen LogP contribution in [0.15, 0.2) is 84.9 Å². The van der Waals surface area contributed by atoms with Crippen molar-refractivity contribution in [3.8, 4) is 11.4 Å². The van der Waals surface area contributed by atoms with Crippen molar-refractivity contribution in [3.05, 3.63) is 118 Å². The number of alkyl halides is 3. The van der Waals surface area contributed by atoms with Gasteiger partial charge in [0.25, 0.3) is 17.7 Å². The van der Waals surface area contributed by atoms with Crippen molar-refractivity contribution in [3.63, 3.8) is 0 Å². The minimum Gasteiger partial charge on any atom is -0.491 e. The average Bonchev–Trinajstić information content (AvgIpc) is 3.81. The van der Waals surface area contributed by atoms with E-state index in [4.69, 9.17) is 23.9 Å². The predicted molar refractivity (Wildman–Crippen MR) is 239 cm³/mol. The van der Waals surface area contributed by atoms with Crippen molar-refractivity contribution in [2.45, 2.75) is 38.2 Å². The number of aliphatic hydroxyl groups excluding tert-OH is 1. The number of amides is 5. The summed E-state index contributed by atoms with van der Waals surface area (Å²) in [4.78, 5) is 73.3. The van der Waals surface area contributed by atoms with Crippen molar-refractivity contribution in [1.29, 1.82) is 0 Å². The summed E-state index contributed by atoms with van der Waals surface area (Å²) in [5.41, 5.74) is 2.88. The second-order valence-electron chi connectivity index (χ2n) is 16.4. The van der Waals surface area contributed by atoms with Gasteiger partial charge in [-0.25, -0.2) is 4.98 Å². The molecule has 0 aliphatic carbocycles. The number of ether oxygens (including phenoxy) is 4. The highest BCUT2D eigenvalue weighted by molar-refractivity contribution is 6.23. The fraction of sp³-hybridized carbons (Fsp3) is 0.375. The van der Waals surface area contributed by atoms with E-state index in [0.29, 0.717) is 67.6 Å². The van der Waals surface area contributed by atoms with E-state index in [0.717, 1.165) is 55.3 Å². The molecule has 17 nitrogen and oxygen atoms in total. The zero-order valence-electron chi connectivity index (χ0n) is 37.0. The van der Waals surface area contributed by atoms with Gasteiger partial charge in [-0.15, -0.1) is 0 Å². The van der Waals surface area contributed by atoms with E-state index in [1.54, 1.807) is 34.9 Å². The average molecular weight is 942 g/mol. The Kier molecular flexibility index (Phi) is 15.2. The molecule has 0 saturated carbocycles. The quantitative estimate of drug-likeness (QED) is 0.0734. The Morgan fingerprint density at radius 3 is 2.15 bits per heavy atom. The van der Waals surface area contributed by atoms with Gasteiger partial charge in [-0.3, -0.25) is 53.9 Å². The van der Waals surface area contributed by atoms with Gasteiger partial charge in [0.1, 0.15) is 18.4 Å². The first-order valence-electron chi connectivity index (χ1n) is 22.2. The van der Waals surface area contributed by atoms with Gasteiger partial charge in [-0.1, -0.05) is 24.3 Å². The number of anilines is 1. The van der Waals surface area contributed by atoms with Crippen LogP contribution >= 0.6 is 0 Å². The number of rotatable bonds is 20. The molecule has 1 atom stereocenters. The molecule has 0 radical (unpaired) electrons. The van der Waals surface area contributed by atoms with Gasteiger partial charge in [0.2, 0.25) is 17.8 Å². The summed E-state index contributed by atoms with van der Waals surface area (Å²) in [6.07, 6.45) is -4.48. The Hall–Kier alpha value is -6.55. The molecular formula is C48H50F3N7O10. The van der Waals surface area contributed by atoms with E-state index in [9.17, 15) is 42.3 Å². The molecule has 3 aliphatic rings. The summed E-state index contributed by atoms with van der Waals surface area (Å²) >= 11 is 0. The largest absolute Gasteiger partial charge is 0.491 e. The topological polar surface area (TPSA) is 194 Å². The Morgan fingerprint density at radius 2 is 1.44 bits per heavy atom. The number of nitrogens with one attached hydrogen (secondary N) is 2. The Labute approximate surface area is 388 Å². The van der Waals surface area contributed by atoms with Crippen molar-refractivity contribution in [2.24, 2.45) is 0 Å². The zero-order chi connectivity index (χ0) is 47.8. The first-order chi connectivity index (χ1) is 32.9. The summed E-state index contributed by atoms with van der Waals surface area (Å²) in [6.45, 7) is 7.29. The van der Waals surface area contributed by atoms with E-state index < -0.39 is 47.3 Å². The van der Waals surface area contributed by atoms with Gasteiger partial charge in [-0.2, -0.15) is 13.2 Å². The minimum atomic E-state index is -4.60. The smallest absolute Gasteiger partial charge is 0.416 e. The molecule has 0 spiro atoms. The van der Waals surface area contributed by atoms with Crippen molar-refractivity contribution < 1.29 is 61.2 Å². The Morgan fingerprint density at radius 1 is 0.765 bits per heavy atom. The molecule has 1 aromatic heterocycles. The maximum Gasteiger partial charge on any atom is 0.416 e. The summed E-state index contributed by atoms with van der Waals surface area (Å²) in [7, 11) is 0. The normalized spacial score (nSPS) is 16.9. The SMILES string of the molecule is O=C1CCC(N2C(=O)c3ccc(OCCOCCOCCOCCN4CCN(Cc5ccc6c(c5)nc(NC(=O)c5cccc(C(F)(F)F)c5)n6-c5ccc(CO)cc5)CC4)cc3C2=O)C(=O)N1. The molecule has 2 fully saturated rings. The molecule has 4 aromatic carbocycles. The molecular weight excluding hydrogens is 892 g/mol. The van der Waals surface area contributed by atoms with Gasteiger partial charge < -0.3 is 24.1 Å². The fourth-order valence-electron chi connectivity index (χ4n) is 8.25. The molecule has 68 heavy (non-hydrogen) atoms. The molecule has 2 saturated heterocycles. The second kappa shape index (κ2) is 21.6. The minimum absolute atomic E-state index is 0.0452. The standard InChI is InChI=1S/C48H50F3N7O10/c49-48(50,51)34-3-1-2-33(27-34)43(61)54-47-52-39-26-32(6-11-40(39)57(47)35-7-4-31(30-59)5-8-35)29-56-16-14-55(15-17-56)18-19-65-20-21-66-22-23-67-24-25-68-36-9-10-37-38(28-36)46(64)58(45(37)63)41-12-13-42(60)53-44(41)62/h1-11,26-28,41,59H,12-25,29-30H2,(H,52,54,61)(H,53,60,62). The van der Waals surface area contributed by atoms with Crippen LogP contribution in [0, 0.1) is 0 Å². The lowest BCUT2D eigenvalue weighted by Crippen LogP contribution is -2.54. The van der Waals surface area contributed by atoms with E-state index >= 15 is 0 Å². The number of imide groups is 2. The number of halogens is 3. The first kappa shape index (κ1) is 47.9. The third-order valence-corrected chi connectivity index (χ3v) is 11.8. The number of benzene rings is 4. The Bertz CT molecular complexity index is 2650. The van der Waals surface area contributed by atoms with Gasteiger partial charge in [0, 0.05) is 56.9 Å². The Balaban J connectivity index is 0.714. The summed E-state index contributed by atoms with van der Waals surface area (Å²) in [5, 5.41) is 14.5. The van der Waals surface area contributed by atoms with Crippen LogP contribution in [0.2, 0.25) is 0 Å². The predicted octanol–water partition coefficient (Wildman–Crippen LogP) is 4.44. The van der Waals surface area contributed by atoms with Gasteiger partial charge in [-0.05, 0) is 78.2 Å². The van der Waals surface area contributed by atoms with Crippen LogP contribution < -0.4 is 15.4 Å². The van der Waals surface area contributed by atoms with Gasteiger partial charge in [0.15, 0.2) is 0 Å². The van der Waals surface area contributed by atoms with Crippen LogP contribution in [0.5, 0.6) is 5.75 Å². The van der Waals surface area contributed by atoms with Crippen LogP contribution in [0.4, 0.5) is 19.1 Å². The lowest BCUT2D eigenvalue weighted by molar-refractivity contribution is -0.138. The van der Waals surface area contributed by atoms with Crippen molar-refractivity contribution in [1.82, 2.24) is 29.6 Å². The maximum atomic E-state index is 13.4. The third-order valence-electron chi connectivity index (χ3n) is 11.8. The number of nitrogens with zero attached hydrogens (tertiary/aromatic N) is 5. The number of piperidine rings is 1. The van der Waals surface area contributed by atoms with Gasteiger partial charge in [0.05, 0.1) is 74.0 Å². The molecule has 5 amide bonds. The van der Waals surface area contributed by atoms with Crippen molar-refractivity contribution in [2.75, 3.05) is 84.3 Å². The number of fused-ring (bicyclic) bond motifs is 2. The lowest BCUT2D eigenvalue weighted by Gasteiger charge is -2.34. The zero-order valence-corrected chi connectivity index (χ0v) is 37.0. The highest BCUT2D eigenvalue weighted by Gasteiger charge is 2.44. The van der Waals surface area contributed by atoms with Crippen LogP contribution in [0.25, 0.3) is 16.7 Å². The molecule has 8 rings (SSSR count). The fourth-order valence-corrected chi connectivity index (χ4v) is 8.25. The highest BCUT2D eigenvalue weighted by atomic mass is 19.4. The van der Waals surface area contributed by atoms with E-state index in [-0.39, 0.29) is 55.3 Å². The number of imidazole rings is 1. The third kappa shape index (κ3) is 11.4. The number of hydrogen-bond donors (Lipinski definition) is 3. The molecule has 0 bridgehead atoms. The number of piperazine rings is 1. The van der Waals surface area contributed by atoms with Crippen molar-refractivity contribution >= 4 is 46.5 Å². The summed E-state index contributed by atoms with van der Waals surface area (Å²) < 4.78 is 64.7. The van der Waals surface area contributed by atoms with Crippen LogP contribution in [-0.2, 0) is 43.1 Å². The number of aromatic nitrogens is 2. The number of carbonyl (C=O) groups is 5. The van der Waals surface area contributed by atoms with E-state index in [2.05, 4.69) is 20.4 Å². The van der Waals surface area contributed by atoms with Crippen LogP contribution in [0.3, 0.4) is 0 Å². The molecule has 4 heterocycles. The molecule has 1 unspecified atom stereocenters. The first-order valence-corrected chi connectivity index (χ1v) is 22.2. The number of carbonyl (C=O) groups excluding carboxylic acids is 5. The molecule has 3 aliphatic heterocycles. The molecule has 3 N–H and O–H groups in total. The maximum absolute atomic E-state index is 13.4. The number of aliphatic hydroxyl groups is 1. The second-order valence-corrected chi connectivity index (χ2v) is 16.4. The number of hydrogen-bond acceptors (Lipinski definition) is 13. The highest BCUT2D eigenvalue weighted by Crippen LogP contribution is 2.32. The summed E-state index contributed by atoms with van der Waals surface area (Å²) in [5.74, 6) is -2.50. The monoisotopic (exact) mass is 941 g/mol.